The van der Waals surface area contributed by atoms with Gasteiger partial charge in [0, 0.05) is 44.0 Å². The summed E-state index contributed by atoms with van der Waals surface area (Å²) < 4.78 is 15.9. The molecule has 0 bridgehead atoms. The zero-order chi connectivity index (χ0) is 16.6. The van der Waals surface area contributed by atoms with Crippen LogP contribution in [-0.2, 0) is 13.6 Å². The average molecular weight is 328 g/mol. The van der Waals surface area contributed by atoms with E-state index in [2.05, 4.69) is 21.1 Å². The number of hydrogen-bond acceptors (Lipinski definition) is 3. The summed E-state index contributed by atoms with van der Waals surface area (Å²) in [4.78, 5) is 4.85. The zero-order valence-electron chi connectivity index (χ0n) is 14.3. The number of rotatable bonds is 3. The van der Waals surface area contributed by atoms with Crippen molar-refractivity contribution in [1.82, 2.24) is 14.7 Å². The van der Waals surface area contributed by atoms with Crippen molar-refractivity contribution in [2.24, 2.45) is 7.05 Å². The van der Waals surface area contributed by atoms with Gasteiger partial charge in [-0.25, -0.2) is 4.39 Å². The molecular weight excluding hydrogens is 303 g/mol. The van der Waals surface area contributed by atoms with Crippen LogP contribution in [0, 0.1) is 5.82 Å². The largest absolute Gasteiger partial charge is 0.369 e. The molecule has 24 heavy (non-hydrogen) atoms. The number of aromatic nitrogens is 2. The van der Waals surface area contributed by atoms with Crippen molar-refractivity contribution in [1.29, 1.82) is 0 Å². The second kappa shape index (κ2) is 6.20. The second-order valence-corrected chi connectivity index (χ2v) is 7.21. The summed E-state index contributed by atoms with van der Waals surface area (Å²) in [6.07, 6.45) is 8.84. The van der Waals surface area contributed by atoms with E-state index in [4.69, 9.17) is 0 Å². The van der Waals surface area contributed by atoms with Crippen LogP contribution in [-0.4, -0.2) is 39.9 Å². The molecule has 1 aromatic carbocycles. The molecule has 2 aliphatic heterocycles. The van der Waals surface area contributed by atoms with Gasteiger partial charge in [-0.1, -0.05) is 12.1 Å². The number of halogens is 1. The van der Waals surface area contributed by atoms with Crippen molar-refractivity contribution in [3.63, 3.8) is 0 Å². The highest BCUT2D eigenvalue weighted by atomic mass is 19.1. The molecule has 1 aromatic heterocycles. The fraction of sp³-hybridized carbons (Fsp3) is 0.526. The Morgan fingerprint density at radius 2 is 1.92 bits per heavy atom. The summed E-state index contributed by atoms with van der Waals surface area (Å²) in [5, 5.41) is 4.29. The van der Waals surface area contributed by atoms with Crippen LogP contribution in [0.3, 0.4) is 0 Å². The van der Waals surface area contributed by atoms with E-state index < -0.39 is 0 Å². The maximum absolute atomic E-state index is 14.0. The quantitative estimate of drug-likeness (QED) is 0.865. The smallest absolute Gasteiger partial charge is 0.146 e. The predicted molar refractivity (Wildman–Crippen MR) is 93.4 cm³/mol. The lowest BCUT2D eigenvalue weighted by molar-refractivity contribution is 0.0996. The summed E-state index contributed by atoms with van der Waals surface area (Å²) in [6, 6.07) is 7.14. The molecule has 2 aliphatic rings. The summed E-state index contributed by atoms with van der Waals surface area (Å²) in [6.45, 7) is 4.01. The molecule has 0 saturated carbocycles. The van der Waals surface area contributed by atoms with Gasteiger partial charge >= 0.3 is 0 Å². The van der Waals surface area contributed by atoms with Gasteiger partial charge in [-0.2, -0.15) is 5.10 Å². The van der Waals surface area contributed by atoms with E-state index in [1.807, 2.05) is 30.1 Å². The van der Waals surface area contributed by atoms with Crippen LogP contribution < -0.4 is 4.90 Å². The standard InChI is InChI=1S/C19H25FN4/c1-22-14-16(13-21-22)15-24-10-4-7-19(24)8-11-23(12-9-19)18-6-3-2-5-17(18)20/h2-3,5-6,13-14H,4,7-12,15H2,1H3. The Balaban J connectivity index is 1.46. The van der Waals surface area contributed by atoms with Gasteiger partial charge in [0.1, 0.15) is 5.82 Å². The van der Waals surface area contributed by atoms with Gasteiger partial charge < -0.3 is 4.90 Å². The Hall–Kier alpha value is -1.88. The Labute approximate surface area is 142 Å². The Bertz CT molecular complexity index is 703. The van der Waals surface area contributed by atoms with Gasteiger partial charge in [-0.15, -0.1) is 0 Å². The third-order valence-electron chi connectivity index (χ3n) is 5.76. The predicted octanol–water partition coefficient (Wildman–Crippen LogP) is 3.19. The molecule has 0 atom stereocenters. The van der Waals surface area contributed by atoms with Gasteiger partial charge in [0.25, 0.3) is 0 Å². The highest BCUT2D eigenvalue weighted by molar-refractivity contribution is 5.48. The number of piperidine rings is 1. The molecule has 0 N–H and O–H groups in total. The minimum Gasteiger partial charge on any atom is -0.369 e. The van der Waals surface area contributed by atoms with E-state index in [0.717, 1.165) is 44.7 Å². The first-order chi connectivity index (χ1) is 11.7. The average Bonchev–Trinajstić information content (AvgIpc) is 3.17. The molecule has 1 spiro atoms. The number of para-hydroxylation sites is 1. The van der Waals surface area contributed by atoms with E-state index in [-0.39, 0.29) is 11.4 Å². The lowest BCUT2D eigenvalue weighted by atomic mass is 9.84. The van der Waals surface area contributed by atoms with Crippen LogP contribution in [0.2, 0.25) is 0 Å². The van der Waals surface area contributed by atoms with Gasteiger partial charge in [-0.3, -0.25) is 9.58 Å². The van der Waals surface area contributed by atoms with Crippen LogP contribution >= 0.6 is 0 Å². The summed E-state index contributed by atoms with van der Waals surface area (Å²) in [7, 11) is 1.97. The number of likely N-dealkylation sites (tertiary alicyclic amines) is 1. The number of benzene rings is 1. The highest BCUT2D eigenvalue weighted by Crippen LogP contribution is 2.40. The lowest BCUT2D eigenvalue weighted by Gasteiger charge is -2.45. The van der Waals surface area contributed by atoms with E-state index in [9.17, 15) is 4.39 Å². The number of anilines is 1. The fourth-order valence-electron chi connectivity index (χ4n) is 4.45. The number of nitrogens with zero attached hydrogens (tertiary/aromatic N) is 4. The fourth-order valence-corrected chi connectivity index (χ4v) is 4.45. The molecule has 2 fully saturated rings. The molecule has 128 valence electrons. The van der Waals surface area contributed by atoms with E-state index in [1.165, 1.54) is 18.4 Å². The zero-order valence-corrected chi connectivity index (χ0v) is 14.3. The van der Waals surface area contributed by atoms with Gasteiger partial charge in [0.2, 0.25) is 0 Å². The molecule has 2 aromatic rings. The Kier molecular flexibility index (Phi) is 4.04. The number of hydrogen-bond donors (Lipinski definition) is 0. The highest BCUT2D eigenvalue weighted by Gasteiger charge is 2.43. The van der Waals surface area contributed by atoms with Crippen molar-refractivity contribution >= 4 is 5.69 Å². The molecule has 2 saturated heterocycles. The molecular formula is C19H25FN4. The Morgan fingerprint density at radius 3 is 2.62 bits per heavy atom. The number of aryl methyl sites for hydroxylation is 1. The minimum atomic E-state index is -0.105. The van der Waals surface area contributed by atoms with Crippen LogP contribution in [0.5, 0.6) is 0 Å². The van der Waals surface area contributed by atoms with Crippen LogP contribution in [0.25, 0.3) is 0 Å². The van der Waals surface area contributed by atoms with Crippen molar-refractivity contribution in [3.05, 3.63) is 48.0 Å². The molecule has 0 radical (unpaired) electrons. The molecule has 3 heterocycles. The first-order valence-electron chi connectivity index (χ1n) is 8.88. The topological polar surface area (TPSA) is 24.3 Å². The van der Waals surface area contributed by atoms with Gasteiger partial charge in [0.05, 0.1) is 11.9 Å². The molecule has 4 nitrogen and oxygen atoms in total. The normalized spacial score (nSPS) is 20.8. The van der Waals surface area contributed by atoms with E-state index in [0.29, 0.717) is 0 Å². The van der Waals surface area contributed by atoms with Crippen molar-refractivity contribution in [2.45, 2.75) is 37.8 Å². The molecule has 4 rings (SSSR count). The third kappa shape index (κ3) is 2.81. The van der Waals surface area contributed by atoms with Crippen molar-refractivity contribution < 1.29 is 4.39 Å². The van der Waals surface area contributed by atoms with Crippen molar-refractivity contribution in [3.8, 4) is 0 Å². The van der Waals surface area contributed by atoms with Crippen LogP contribution in [0.15, 0.2) is 36.7 Å². The van der Waals surface area contributed by atoms with Crippen LogP contribution in [0.1, 0.15) is 31.2 Å². The van der Waals surface area contributed by atoms with Gasteiger partial charge in [0.15, 0.2) is 0 Å². The maximum Gasteiger partial charge on any atom is 0.146 e. The van der Waals surface area contributed by atoms with Crippen LogP contribution in [0.4, 0.5) is 10.1 Å². The first kappa shape index (κ1) is 15.6. The molecule has 0 aliphatic carbocycles. The van der Waals surface area contributed by atoms with E-state index in [1.54, 1.807) is 12.1 Å². The monoisotopic (exact) mass is 328 g/mol. The molecule has 0 amide bonds. The summed E-state index contributed by atoms with van der Waals surface area (Å²) in [5.74, 6) is -0.105. The SMILES string of the molecule is Cn1cc(CN2CCCC23CCN(c2ccccc2F)CC3)cn1. The lowest BCUT2D eigenvalue weighted by Crippen LogP contribution is -2.52. The summed E-state index contributed by atoms with van der Waals surface area (Å²) >= 11 is 0. The van der Waals surface area contributed by atoms with Crippen molar-refractivity contribution in [2.75, 3.05) is 24.5 Å². The summed E-state index contributed by atoms with van der Waals surface area (Å²) in [5.41, 5.74) is 2.33. The van der Waals surface area contributed by atoms with E-state index >= 15 is 0 Å². The minimum absolute atomic E-state index is 0.105. The molecule has 5 heteroatoms. The Morgan fingerprint density at radius 1 is 1.12 bits per heavy atom. The maximum atomic E-state index is 14.0. The second-order valence-electron chi connectivity index (χ2n) is 7.21. The third-order valence-corrected chi connectivity index (χ3v) is 5.76. The molecule has 0 unspecified atom stereocenters. The van der Waals surface area contributed by atoms with Gasteiger partial charge in [-0.05, 0) is 44.4 Å². The first-order valence-corrected chi connectivity index (χ1v) is 8.88.